The average molecular weight is 200 g/mol. The monoisotopic (exact) mass is 200 g/mol. The lowest BCUT2D eigenvalue weighted by atomic mass is 10.1. The molecule has 14 heavy (non-hydrogen) atoms. The van der Waals surface area contributed by atoms with Gasteiger partial charge in [0.25, 0.3) is 0 Å². The van der Waals surface area contributed by atoms with Crippen molar-refractivity contribution in [2.24, 2.45) is 0 Å². The highest BCUT2D eigenvalue weighted by Crippen LogP contribution is 2.17. The van der Waals surface area contributed by atoms with Crippen LogP contribution in [-0.2, 0) is 11.3 Å². The summed E-state index contributed by atoms with van der Waals surface area (Å²) in [7, 11) is 0. The van der Waals surface area contributed by atoms with Gasteiger partial charge in [0, 0.05) is 0 Å². The summed E-state index contributed by atoms with van der Waals surface area (Å²) in [5.41, 5.74) is -0.206. The Balaban J connectivity index is 2.62. The van der Waals surface area contributed by atoms with Gasteiger partial charge in [0.2, 0.25) is 0 Å². The number of rotatable bonds is 4. The van der Waals surface area contributed by atoms with Gasteiger partial charge < -0.3 is 13.6 Å². The summed E-state index contributed by atoms with van der Waals surface area (Å²) in [4.78, 5) is 10.7. The van der Waals surface area contributed by atoms with E-state index in [1.165, 1.54) is 0 Å². The molecule has 80 valence electrons. The average Bonchev–Trinajstić information content (AvgIpc) is 2.42. The third-order valence-electron chi connectivity index (χ3n) is 2.28. The minimum Gasteiger partial charge on any atom is -0.396 e. The van der Waals surface area contributed by atoms with Crippen molar-refractivity contribution in [1.29, 1.82) is 0 Å². The maximum Gasteiger partial charge on any atom is 0.519 e. The van der Waals surface area contributed by atoms with Crippen molar-refractivity contribution in [3.8, 4) is 0 Å². The number of hydrogen-bond acceptors (Lipinski definition) is 4. The zero-order chi connectivity index (χ0) is 10.8. The minimum absolute atomic E-state index is 0.206. The van der Waals surface area contributed by atoms with Gasteiger partial charge in [-0.1, -0.05) is 6.92 Å². The lowest BCUT2D eigenvalue weighted by Gasteiger charge is -2.22. The Morgan fingerprint density at radius 2 is 2.00 bits per heavy atom. The molecule has 0 aliphatic heterocycles. The molecule has 0 fully saturated rings. The molecule has 0 atom stereocenters. The summed E-state index contributed by atoms with van der Waals surface area (Å²) in [5, 5.41) is 0. The minimum atomic E-state index is -0.671. The molecule has 0 radical (unpaired) electrons. The molecule has 0 amide bonds. The van der Waals surface area contributed by atoms with Crippen LogP contribution in [0.3, 0.4) is 0 Å². The first-order chi connectivity index (χ1) is 6.44. The zero-order valence-corrected chi connectivity index (χ0v) is 9.05. The van der Waals surface area contributed by atoms with Crippen LogP contribution in [0.2, 0.25) is 0 Å². The van der Waals surface area contributed by atoms with E-state index in [1.807, 2.05) is 20.8 Å². The number of aryl methyl sites for hydroxylation is 1. The van der Waals surface area contributed by atoms with Crippen LogP contribution >= 0.6 is 0 Å². The van der Waals surface area contributed by atoms with Gasteiger partial charge in [0.1, 0.15) is 12.4 Å². The van der Waals surface area contributed by atoms with E-state index in [4.69, 9.17) is 13.6 Å². The molecule has 0 saturated carbocycles. The first-order valence-electron chi connectivity index (χ1n) is 4.68. The maximum absolute atomic E-state index is 10.7. The SMILES string of the molecule is CCC(C)(C)OCc1oc(=O)oc1C. The van der Waals surface area contributed by atoms with Crippen molar-refractivity contribution in [2.45, 2.75) is 46.3 Å². The van der Waals surface area contributed by atoms with Crippen molar-refractivity contribution in [3.63, 3.8) is 0 Å². The molecule has 0 aromatic carbocycles. The van der Waals surface area contributed by atoms with Gasteiger partial charge in [-0.2, -0.15) is 0 Å². The molecule has 0 saturated heterocycles. The van der Waals surface area contributed by atoms with Gasteiger partial charge in [-0.15, -0.1) is 0 Å². The molecular formula is C10H16O4. The molecule has 1 aromatic heterocycles. The van der Waals surface area contributed by atoms with E-state index in [9.17, 15) is 4.79 Å². The topological polar surface area (TPSA) is 52.6 Å². The summed E-state index contributed by atoms with van der Waals surface area (Å²) in [5.74, 6) is 0.286. The van der Waals surface area contributed by atoms with Gasteiger partial charge in [-0.05, 0) is 27.2 Å². The van der Waals surface area contributed by atoms with Gasteiger partial charge in [0.05, 0.1) is 5.60 Å². The third kappa shape index (κ3) is 2.73. The van der Waals surface area contributed by atoms with Gasteiger partial charge >= 0.3 is 5.82 Å². The molecule has 0 N–H and O–H groups in total. The van der Waals surface area contributed by atoms with E-state index in [1.54, 1.807) is 6.92 Å². The summed E-state index contributed by atoms with van der Waals surface area (Å²) < 4.78 is 15.1. The van der Waals surface area contributed by atoms with Crippen LogP contribution in [0.15, 0.2) is 13.6 Å². The van der Waals surface area contributed by atoms with Gasteiger partial charge in [-0.25, -0.2) is 4.79 Å². The Kier molecular flexibility index (Phi) is 3.16. The van der Waals surface area contributed by atoms with Gasteiger partial charge in [0.15, 0.2) is 5.76 Å². The fourth-order valence-electron chi connectivity index (χ4n) is 0.869. The fourth-order valence-corrected chi connectivity index (χ4v) is 0.869. The Bertz CT molecular complexity index is 345. The summed E-state index contributed by atoms with van der Waals surface area (Å²) in [6.45, 7) is 7.97. The van der Waals surface area contributed by atoms with Crippen LogP contribution in [0.1, 0.15) is 38.7 Å². The molecule has 1 rings (SSSR count). The summed E-state index contributed by atoms with van der Waals surface area (Å²) in [6.07, 6.45) is 0.897. The van der Waals surface area contributed by atoms with E-state index in [0.717, 1.165) is 6.42 Å². The molecule has 0 bridgehead atoms. The second kappa shape index (κ2) is 4.00. The Morgan fingerprint density at radius 1 is 1.36 bits per heavy atom. The predicted octanol–water partition coefficient (Wildman–Crippen LogP) is 2.25. The van der Waals surface area contributed by atoms with Crippen LogP contribution in [0, 0.1) is 6.92 Å². The Morgan fingerprint density at radius 3 is 2.43 bits per heavy atom. The zero-order valence-electron chi connectivity index (χ0n) is 9.05. The maximum atomic E-state index is 10.7. The molecule has 0 aliphatic rings. The summed E-state index contributed by atoms with van der Waals surface area (Å²) >= 11 is 0. The van der Waals surface area contributed by atoms with Crippen molar-refractivity contribution >= 4 is 0 Å². The van der Waals surface area contributed by atoms with Crippen LogP contribution in [-0.4, -0.2) is 5.60 Å². The predicted molar refractivity (Wildman–Crippen MR) is 51.1 cm³/mol. The van der Waals surface area contributed by atoms with E-state index in [-0.39, 0.29) is 12.2 Å². The number of ether oxygens (including phenoxy) is 1. The molecule has 1 heterocycles. The fraction of sp³-hybridized carbons (Fsp3) is 0.700. The molecular weight excluding hydrogens is 184 g/mol. The van der Waals surface area contributed by atoms with Crippen molar-refractivity contribution < 1.29 is 13.6 Å². The normalized spacial score (nSPS) is 12.0. The molecule has 0 aliphatic carbocycles. The van der Waals surface area contributed by atoms with E-state index in [2.05, 4.69) is 0 Å². The van der Waals surface area contributed by atoms with Crippen LogP contribution < -0.4 is 5.82 Å². The van der Waals surface area contributed by atoms with Crippen LogP contribution in [0.4, 0.5) is 0 Å². The second-order valence-corrected chi connectivity index (χ2v) is 3.84. The lowest BCUT2D eigenvalue weighted by molar-refractivity contribution is -0.0389. The van der Waals surface area contributed by atoms with Crippen molar-refractivity contribution in [1.82, 2.24) is 0 Å². The largest absolute Gasteiger partial charge is 0.519 e. The highest BCUT2D eigenvalue weighted by molar-refractivity contribution is 4.98. The first-order valence-corrected chi connectivity index (χ1v) is 4.68. The molecule has 0 spiro atoms. The molecule has 0 unspecified atom stereocenters. The van der Waals surface area contributed by atoms with E-state index < -0.39 is 5.82 Å². The molecule has 4 nitrogen and oxygen atoms in total. The standard InChI is InChI=1S/C10H16O4/c1-5-10(3,4)12-6-8-7(2)13-9(11)14-8/h5-6H2,1-4H3. The quantitative estimate of drug-likeness (QED) is 0.748. The second-order valence-electron chi connectivity index (χ2n) is 3.84. The Hall–Kier alpha value is -1.03. The van der Waals surface area contributed by atoms with Crippen molar-refractivity contribution in [2.75, 3.05) is 0 Å². The molecule has 1 aromatic rings. The van der Waals surface area contributed by atoms with E-state index in [0.29, 0.717) is 11.5 Å². The van der Waals surface area contributed by atoms with Crippen molar-refractivity contribution in [3.05, 3.63) is 22.1 Å². The van der Waals surface area contributed by atoms with E-state index >= 15 is 0 Å². The highest BCUT2D eigenvalue weighted by Gasteiger charge is 2.18. The number of hydrogen-bond donors (Lipinski definition) is 0. The Labute approximate surface area is 82.9 Å². The molecule has 4 heteroatoms. The highest BCUT2D eigenvalue weighted by atomic mass is 16.6. The van der Waals surface area contributed by atoms with Crippen LogP contribution in [0.5, 0.6) is 0 Å². The lowest BCUT2D eigenvalue weighted by Crippen LogP contribution is -2.22. The van der Waals surface area contributed by atoms with Gasteiger partial charge in [-0.3, -0.25) is 0 Å². The summed E-state index contributed by atoms with van der Waals surface area (Å²) in [6, 6.07) is 0. The van der Waals surface area contributed by atoms with Crippen LogP contribution in [0.25, 0.3) is 0 Å². The third-order valence-corrected chi connectivity index (χ3v) is 2.28. The smallest absolute Gasteiger partial charge is 0.396 e. The first kappa shape index (κ1) is 11.0.